The van der Waals surface area contributed by atoms with Crippen LogP contribution in [-0.2, 0) is 28.4 Å². The third kappa shape index (κ3) is 4.57. The number of ether oxygens (including phenoxy) is 1. The highest BCUT2D eigenvalue weighted by Crippen LogP contribution is 2.29. The van der Waals surface area contributed by atoms with E-state index in [1.807, 2.05) is 6.07 Å². The second-order valence-electron chi connectivity index (χ2n) is 6.84. The molecule has 0 radical (unpaired) electrons. The van der Waals surface area contributed by atoms with Gasteiger partial charge in [-0.3, -0.25) is 4.72 Å². The number of methoxy groups -OCH3 is 1. The molecule has 4 rings (SSSR count). The first-order valence-corrected chi connectivity index (χ1v) is 10.7. The van der Waals surface area contributed by atoms with Crippen LogP contribution in [0.3, 0.4) is 0 Å². The van der Waals surface area contributed by atoms with Crippen LogP contribution >= 0.6 is 0 Å². The summed E-state index contributed by atoms with van der Waals surface area (Å²) in [5.41, 5.74) is 2.31. The molecule has 0 unspecified atom stereocenters. The number of phenols is 1. The molecular formula is C20H20N6O4S. The van der Waals surface area contributed by atoms with Gasteiger partial charge < -0.3 is 19.7 Å². The van der Waals surface area contributed by atoms with Crippen LogP contribution in [0.25, 0.3) is 11.0 Å². The molecule has 11 heteroatoms. The zero-order valence-electron chi connectivity index (χ0n) is 16.8. The summed E-state index contributed by atoms with van der Waals surface area (Å²) in [6.07, 6.45) is 2.78. The lowest BCUT2D eigenvalue weighted by molar-refractivity contribution is 0.184. The molecule has 10 nitrogen and oxygen atoms in total. The van der Waals surface area contributed by atoms with Crippen LogP contribution in [0.15, 0.2) is 60.0 Å². The van der Waals surface area contributed by atoms with Gasteiger partial charge in [-0.15, -0.1) is 0 Å². The van der Waals surface area contributed by atoms with E-state index < -0.39 is 10.0 Å². The molecule has 0 bridgehead atoms. The number of hydrogen-bond donors (Lipinski definition) is 3. The number of imidazole rings is 1. The highest BCUT2D eigenvalue weighted by atomic mass is 32.2. The van der Waals surface area contributed by atoms with Crippen molar-refractivity contribution in [2.24, 2.45) is 7.05 Å². The van der Waals surface area contributed by atoms with E-state index in [0.717, 1.165) is 5.56 Å². The van der Waals surface area contributed by atoms with Gasteiger partial charge in [0.05, 0.1) is 24.0 Å². The smallest absolute Gasteiger partial charge is 0.282 e. The molecule has 2 aromatic heterocycles. The van der Waals surface area contributed by atoms with E-state index in [1.54, 1.807) is 44.5 Å². The van der Waals surface area contributed by atoms with Gasteiger partial charge in [-0.1, -0.05) is 12.1 Å². The van der Waals surface area contributed by atoms with Crippen molar-refractivity contribution in [2.75, 3.05) is 17.1 Å². The van der Waals surface area contributed by atoms with Crippen LogP contribution in [0.5, 0.6) is 5.75 Å². The Labute approximate surface area is 178 Å². The highest BCUT2D eigenvalue weighted by molar-refractivity contribution is 7.92. The van der Waals surface area contributed by atoms with Gasteiger partial charge in [0.1, 0.15) is 5.75 Å². The van der Waals surface area contributed by atoms with Gasteiger partial charge in [-0.25, -0.2) is 15.0 Å². The highest BCUT2D eigenvalue weighted by Gasteiger charge is 2.21. The molecular weight excluding hydrogens is 420 g/mol. The lowest BCUT2D eigenvalue weighted by Crippen LogP contribution is -2.16. The number of aromatic hydroxyl groups is 1. The van der Waals surface area contributed by atoms with E-state index in [4.69, 9.17) is 4.74 Å². The number of aryl methyl sites for hydroxylation is 1. The number of phenolic OH excluding ortho intramolecular Hbond substituents is 1. The van der Waals surface area contributed by atoms with Crippen molar-refractivity contribution in [3.05, 3.63) is 60.6 Å². The normalized spacial score (nSPS) is 11.5. The fourth-order valence-electron chi connectivity index (χ4n) is 3.00. The minimum Gasteiger partial charge on any atom is -0.508 e. The second-order valence-corrected chi connectivity index (χ2v) is 8.47. The molecule has 0 spiro atoms. The lowest BCUT2D eigenvalue weighted by Gasteiger charge is -2.14. The Hall–Kier alpha value is -3.70. The predicted octanol–water partition coefficient (Wildman–Crippen LogP) is 2.76. The minimum absolute atomic E-state index is 0.000914. The zero-order chi connectivity index (χ0) is 22.0. The minimum atomic E-state index is -3.99. The van der Waals surface area contributed by atoms with Crippen LogP contribution in [0.2, 0.25) is 0 Å². The van der Waals surface area contributed by atoms with Gasteiger partial charge in [0.25, 0.3) is 10.0 Å². The van der Waals surface area contributed by atoms with Gasteiger partial charge in [0.2, 0.25) is 0 Å². The molecule has 2 heterocycles. The van der Waals surface area contributed by atoms with Gasteiger partial charge in [-0.05, 0) is 29.8 Å². The monoisotopic (exact) mass is 440 g/mol. The van der Waals surface area contributed by atoms with Crippen molar-refractivity contribution < 1.29 is 18.3 Å². The number of nitrogens with one attached hydrogen (secondary N) is 2. The quantitative estimate of drug-likeness (QED) is 0.400. The predicted molar refractivity (Wildman–Crippen MR) is 116 cm³/mol. The van der Waals surface area contributed by atoms with Gasteiger partial charge in [0.15, 0.2) is 16.7 Å². The third-order valence-corrected chi connectivity index (χ3v) is 5.53. The van der Waals surface area contributed by atoms with E-state index >= 15 is 0 Å². The Kier molecular flexibility index (Phi) is 5.44. The first-order valence-electron chi connectivity index (χ1n) is 9.20. The summed E-state index contributed by atoms with van der Waals surface area (Å²) in [5, 5.41) is 12.9. The summed E-state index contributed by atoms with van der Waals surface area (Å²) in [6, 6.07) is 11.9. The van der Waals surface area contributed by atoms with Crippen LogP contribution < -0.4 is 10.0 Å². The van der Waals surface area contributed by atoms with E-state index in [-0.39, 0.29) is 22.4 Å². The van der Waals surface area contributed by atoms with E-state index in [2.05, 4.69) is 25.0 Å². The molecule has 4 aromatic rings. The van der Waals surface area contributed by atoms with Crippen LogP contribution in [0, 0.1) is 0 Å². The number of fused-ring (bicyclic) bond motifs is 1. The fourth-order valence-corrected chi connectivity index (χ4v) is 3.99. The average Bonchev–Trinajstić information content (AvgIpc) is 3.15. The number of hydrogen-bond acceptors (Lipinski definition) is 8. The molecule has 0 amide bonds. The van der Waals surface area contributed by atoms with E-state index in [1.165, 1.54) is 23.2 Å². The maximum atomic E-state index is 12.8. The molecule has 0 aliphatic carbocycles. The topological polar surface area (TPSA) is 131 Å². The van der Waals surface area contributed by atoms with Crippen molar-refractivity contribution in [3.8, 4) is 5.75 Å². The van der Waals surface area contributed by atoms with E-state index in [9.17, 15) is 13.5 Å². The average molecular weight is 440 g/mol. The van der Waals surface area contributed by atoms with Gasteiger partial charge in [0, 0.05) is 32.1 Å². The Balaban J connectivity index is 1.77. The maximum absolute atomic E-state index is 12.8. The number of rotatable bonds is 7. The standard InChI is InChI=1S/C20H20N6O4S/c1-26-10-18(21-12-26)31(28,29)25-20-19(23-16-5-3-4-6-17(16)24-20)22-14-7-13(11-30-2)8-15(27)9-14/h3-10,12,27H,11H2,1-2H3,(H,22,23)(H,24,25). The fraction of sp³-hybridized carbons (Fsp3) is 0.150. The number of para-hydroxylation sites is 2. The molecule has 0 aliphatic heterocycles. The summed E-state index contributed by atoms with van der Waals surface area (Å²) in [5.74, 6) is 0.203. The summed E-state index contributed by atoms with van der Waals surface area (Å²) in [6.45, 7) is 0.297. The summed E-state index contributed by atoms with van der Waals surface area (Å²) in [4.78, 5) is 12.9. The number of sulfonamides is 1. The molecule has 0 saturated heterocycles. The van der Waals surface area contributed by atoms with Crippen LogP contribution in [0.4, 0.5) is 17.3 Å². The molecule has 2 aromatic carbocycles. The molecule has 3 N–H and O–H groups in total. The lowest BCUT2D eigenvalue weighted by atomic mass is 10.2. The maximum Gasteiger partial charge on any atom is 0.282 e. The Bertz CT molecular complexity index is 1350. The SMILES string of the molecule is COCc1cc(O)cc(Nc2nc3ccccc3nc2NS(=O)(=O)c2cn(C)cn2)c1. The molecule has 31 heavy (non-hydrogen) atoms. The molecule has 0 saturated carbocycles. The first kappa shape index (κ1) is 20.6. The van der Waals surface area contributed by atoms with Gasteiger partial charge in [-0.2, -0.15) is 8.42 Å². The number of aromatic nitrogens is 4. The molecule has 160 valence electrons. The Morgan fingerprint density at radius 1 is 1.10 bits per heavy atom. The van der Waals surface area contributed by atoms with Crippen LogP contribution in [0.1, 0.15) is 5.56 Å². The Morgan fingerprint density at radius 2 is 1.81 bits per heavy atom. The van der Waals surface area contributed by atoms with Crippen LogP contribution in [-0.4, -0.2) is 40.2 Å². The molecule has 0 aliphatic rings. The summed E-state index contributed by atoms with van der Waals surface area (Å²) < 4.78 is 34.7. The number of nitrogens with zero attached hydrogens (tertiary/aromatic N) is 4. The van der Waals surface area contributed by atoms with Crippen molar-refractivity contribution in [2.45, 2.75) is 11.6 Å². The largest absolute Gasteiger partial charge is 0.508 e. The van der Waals surface area contributed by atoms with Crippen molar-refractivity contribution in [1.29, 1.82) is 0 Å². The van der Waals surface area contributed by atoms with Crippen molar-refractivity contribution >= 4 is 38.4 Å². The molecule has 0 atom stereocenters. The zero-order valence-corrected chi connectivity index (χ0v) is 17.6. The third-order valence-electron chi connectivity index (χ3n) is 4.31. The van der Waals surface area contributed by atoms with Gasteiger partial charge >= 0.3 is 0 Å². The number of anilines is 3. The second kappa shape index (κ2) is 8.20. The van der Waals surface area contributed by atoms with Crippen molar-refractivity contribution in [3.63, 3.8) is 0 Å². The summed E-state index contributed by atoms with van der Waals surface area (Å²) in [7, 11) is -0.768. The summed E-state index contributed by atoms with van der Waals surface area (Å²) >= 11 is 0. The first-order chi connectivity index (χ1) is 14.8. The van der Waals surface area contributed by atoms with Crippen molar-refractivity contribution in [1.82, 2.24) is 19.5 Å². The molecule has 0 fully saturated rings. The van der Waals surface area contributed by atoms with E-state index in [0.29, 0.717) is 23.3 Å². The number of benzene rings is 2. The Morgan fingerprint density at radius 3 is 2.45 bits per heavy atom.